The van der Waals surface area contributed by atoms with Gasteiger partial charge in [0.2, 0.25) is 0 Å². The number of nitrogens with zero attached hydrogens (tertiary/aromatic N) is 3. The number of aryl methyl sites for hydroxylation is 1. The van der Waals surface area contributed by atoms with E-state index in [4.69, 9.17) is 10.5 Å². The third-order valence-corrected chi connectivity index (χ3v) is 3.76. The molecular formula is C14H26N4O. The van der Waals surface area contributed by atoms with E-state index in [9.17, 15) is 0 Å². The minimum Gasteiger partial charge on any atom is -0.378 e. The predicted molar refractivity (Wildman–Crippen MR) is 75.8 cm³/mol. The first kappa shape index (κ1) is 14.5. The summed E-state index contributed by atoms with van der Waals surface area (Å²) in [6.45, 7) is 7.91. The Bertz CT molecular complexity index is 358. The standard InChI is InChI=1S/C14H26N4O/c1-2-18-12-16-10-13(18)11-17-7-4-14(5-8-17)19-9-3-6-15/h10,12,14H,2-9,11,15H2,1H3. The molecule has 0 amide bonds. The van der Waals surface area contributed by atoms with E-state index in [1.807, 2.05) is 12.5 Å². The van der Waals surface area contributed by atoms with Gasteiger partial charge in [-0.15, -0.1) is 0 Å². The second-order valence-corrected chi connectivity index (χ2v) is 5.16. The van der Waals surface area contributed by atoms with Crippen molar-refractivity contribution in [2.75, 3.05) is 26.2 Å². The Labute approximate surface area is 115 Å². The number of hydrogen-bond donors (Lipinski definition) is 1. The SMILES string of the molecule is CCn1cncc1CN1CCC(OCCCN)CC1. The van der Waals surface area contributed by atoms with Gasteiger partial charge < -0.3 is 15.0 Å². The van der Waals surface area contributed by atoms with E-state index in [-0.39, 0.29) is 0 Å². The summed E-state index contributed by atoms with van der Waals surface area (Å²) < 4.78 is 8.04. The molecule has 2 N–H and O–H groups in total. The van der Waals surface area contributed by atoms with Gasteiger partial charge in [0.05, 0.1) is 18.1 Å². The molecule has 0 atom stereocenters. The third kappa shape index (κ3) is 4.30. The molecule has 2 rings (SSSR count). The fraction of sp³-hybridized carbons (Fsp3) is 0.786. The van der Waals surface area contributed by atoms with Crippen LogP contribution in [0.15, 0.2) is 12.5 Å². The second kappa shape index (κ2) is 7.62. The van der Waals surface area contributed by atoms with Crippen molar-refractivity contribution < 1.29 is 4.74 Å². The van der Waals surface area contributed by atoms with Crippen LogP contribution in [0.2, 0.25) is 0 Å². The van der Waals surface area contributed by atoms with Crippen molar-refractivity contribution >= 4 is 0 Å². The Kier molecular flexibility index (Phi) is 5.82. The largest absolute Gasteiger partial charge is 0.378 e. The summed E-state index contributed by atoms with van der Waals surface area (Å²) in [5.74, 6) is 0. The van der Waals surface area contributed by atoms with E-state index in [1.54, 1.807) is 0 Å². The van der Waals surface area contributed by atoms with Crippen LogP contribution in [0.5, 0.6) is 0 Å². The monoisotopic (exact) mass is 266 g/mol. The van der Waals surface area contributed by atoms with Crippen molar-refractivity contribution in [3.63, 3.8) is 0 Å². The molecule has 1 fully saturated rings. The van der Waals surface area contributed by atoms with Gasteiger partial charge in [0.25, 0.3) is 0 Å². The second-order valence-electron chi connectivity index (χ2n) is 5.16. The molecule has 1 aromatic rings. The molecule has 0 saturated carbocycles. The van der Waals surface area contributed by atoms with Gasteiger partial charge in [-0.05, 0) is 32.7 Å². The molecule has 108 valence electrons. The zero-order valence-corrected chi connectivity index (χ0v) is 11.9. The predicted octanol–water partition coefficient (Wildman–Crippen LogP) is 1.23. The van der Waals surface area contributed by atoms with E-state index in [0.717, 1.165) is 58.6 Å². The molecular weight excluding hydrogens is 240 g/mol. The molecule has 0 bridgehead atoms. The van der Waals surface area contributed by atoms with Gasteiger partial charge in [-0.2, -0.15) is 0 Å². The van der Waals surface area contributed by atoms with Gasteiger partial charge in [0.1, 0.15) is 0 Å². The number of likely N-dealkylation sites (tertiary alicyclic amines) is 1. The Balaban J connectivity index is 1.71. The molecule has 19 heavy (non-hydrogen) atoms. The van der Waals surface area contributed by atoms with E-state index < -0.39 is 0 Å². The van der Waals surface area contributed by atoms with Crippen molar-refractivity contribution in [3.05, 3.63) is 18.2 Å². The molecule has 1 aliphatic heterocycles. The quantitative estimate of drug-likeness (QED) is 0.754. The molecule has 1 saturated heterocycles. The van der Waals surface area contributed by atoms with Crippen LogP contribution in [0.4, 0.5) is 0 Å². The lowest BCUT2D eigenvalue weighted by atomic mass is 10.1. The van der Waals surface area contributed by atoms with Crippen LogP contribution in [-0.4, -0.2) is 46.8 Å². The number of hydrogen-bond acceptors (Lipinski definition) is 4. The van der Waals surface area contributed by atoms with E-state index in [2.05, 4.69) is 21.4 Å². The summed E-state index contributed by atoms with van der Waals surface area (Å²) in [5.41, 5.74) is 6.78. The molecule has 0 aromatic carbocycles. The Hall–Kier alpha value is -0.910. The summed E-state index contributed by atoms with van der Waals surface area (Å²) in [6, 6.07) is 0. The Morgan fingerprint density at radius 1 is 1.42 bits per heavy atom. The topological polar surface area (TPSA) is 56.3 Å². The third-order valence-electron chi connectivity index (χ3n) is 3.76. The van der Waals surface area contributed by atoms with Crippen LogP contribution in [0, 0.1) is 0 Å². The van der Waals surface area contributed by atoms with Gasteiger partial charge in [-0.25, -0.2) is 4.98 Å². The van der Waals surface area contributed by atoms with Crippen molar-refractivity contribution in [1.29, 1.82) is 0 Å². The highest BCUT2D eigenvalue weighted by atomic mass is 16.5. The zero-order valence-electron chi connectivity index (χ0n) is 11.9. The van der Waals surface area contributed by atoms with E-state index in [1.165, 1.54) is 5.69 Å². The first-order valence-electron chi connectivity index (χ1n) is 7.36. The van der Waals surface area contributed by atoms with Crippen molar-refractivity contribution in [2.45, 2.75) is 45.4 Å². The van der Waals surface area contributed by atoms with Crippen LogP contribution in [0.3, 0.4) is 0 Å². The normalized spacial score (nSPS) is 18.0. The van der Waals surface area contributed by atoms with Crippen LogP contribution in [0.1, 0.15) is 31.9 Å². The molecule has 5 nitrogen and oxygen atoms in total. The Morgan fingerprint density at radius 3 is 2.89 bits per heavy atom. The highest BCUT2D eigenvalue weighted by Crippen LogP contribution is 2.16. The summed E-state index contributed by atoms with van der Waals surface area (Å²) in [4.78, 5) is 6.72. The van der Waals surface area contributed by atoms with Crippen LogP contribution in [0.25, 0.3) is 0 Å². The van der Waals surface area contributed by atoms with Crippen LogP contribution < -0.4 is 5.73 Å². The minimum absolute atomic E-state index is 0.430. The summed E-state index contributed by atoms with van der Waals surface area (Å²) in [5, 5.41) is 0. The molecule has 1 aliphatic rings. The van der Waals surface area contributed by atoms with Crippen LogP contribution in [-0.2, 0) is 17.8 Å². The number of imidazole rings is 1. The fourth-order valence-corrected chi connectivity index (χ4v) is 2.56. The summed E-state index contributed by atoms with van der Waals surface area (Å²) >= 11 is 0. The highest BCUT2D eigenvalue weighted by Gasteiger charge is 2.20. The first-order valence-corrected chi connectivity index (χ1v) is 7.36. The fourth-order valence-electron chi connectivity index (χ4n) is 2.56. The van der Waals surface area contributed by atoms with Crippen molar-refractivity contribution in [2.24, 2.45) is 5.73 Å². The van der Waals surface area contributed by atoms with Gasteiger partial charge >= 0.3 is 0 Å². The van der Waals surface area contributed by atoms with Gasteiger partial charge in [0, 0.05) is 39.0 Å². The lowest BCUT2D eigenvalue weighted by Crippen LogP contribution is -2.37. The Morgan fingerprint density at radius 2 is 2.21 bits per heavy atom. The number of nitrogens with two attached hydrogens (primary N) is 1. The smallest absolute Gasteiger partial charge is 0.0948 e. The average molecular weight is 266 g/mol. The number of aromatic nitrogens is 2. The molecule has 2 heterocycles. The maximum absolute atomic E-state index is 5.83. The molecule has 5 heteroatoms. The minimum atomic E-state index is 0.430. The molecule has 0 radical (unpaired) electrons. The van der Waals surface area contributed by atoms with Gasteiger partial charge in [0.15, 0.2) is 0 Å². The van der Waals surface area contributed by atoms with Crippen molar-refractivity contribution in [1.82, 2.24) is 14.5 Å². The molecule has 0 unspecified atom stereocenters. The first-order chi connectivity index (χ1) is 9.33. The van der Waals surface area contributed by atoms with Crippen LogP contribution >= 0.6 is 0 Å². The molecule has 0 aliphatic carbocycles. The lowest BCUT2D eigenvalue weighted by molar-refractivity contribution is 0.00523. The average Bonchev–Trinajstić information content (AvgIpc) is 2.88. The molecule has 1 aromatic heterocycles. The maximum Gasteiger partial charge on any atom is 0.0948 e. The van der Waals surface area contributed by atoms with E-state index in [0.29, 0.717) is 6.10 Å². The molecule has 0 spiro atoms. The summed E-state index contributed by atoms with van der Waals surface area (Å²) in [6.07, 6.45) is 7.55. The lowest BCUT2D eigenvalue weighted by Gasteiger charge is -2.31. The summed E-state index contributed by atoms with van der Waals surface area (Å²) in [7, 11) is 0. The van der Waals surface area contributed by atoms with Crippen molar-refractivity contribution in [3.8, 4) is 0 Å². The van der Waals surface area contributed by atoms with Gasteiger partial charge in [-0.1, -0.05) is 0 Å². The number of ether oxygens (including phenoxy) is 1. The van der Waals surface area contributed by atoms with Gasteiger partial charge in [-0.3, -0.25) is 4.90 Å². The number of rotatable bonds is 7. The highest BCUT2D eigenvalue weighted by molar-refractivity contribution is 4.98. The van der Waals surface area contributed by atoms with E-state index >= 15 is 0 Å². The zero-order chi connectivity index (χ0) is 13.5. The number of piperidine rings is 1. The maximum atomic E-state index is 5.83.